The van der Waals surface area contributed by atoms with Gasteiger partial charge in [0.15, 0.2) is 0 Å². The Balaban J connectivity index is 2.15. The molecule has 4 heteroatoms. The zero-order valence-corrected chi connectivity index (χ0v) is 9.79. The molecule has 0 saturated heterocycles. The molecule has 0 bridgehead atoms. The topological polar surface area (TPSA) is 34.0 Å². The number of amides is 1. The Morgan fingerprint density at radius 2 is 2.25 bits per heavy atom. The van der Waals surface area contributed by atoms with Gasteiger partial charge in [0.1, 0.15) is 0 Å². The van der Waals surface area contributed by atoms with E-state index in [1.165, 1.54) is 6.92 Å². The van der Waals surface area contributed by atoms with Crippen molar-refractivity contribution < 1.29 is 4.79 Å². The quantitative estimate of drug-likeness (QED) is 0.873. The lowest BCUT2D eigenvalue weighted by Gasteiger charge is -2.05. The summed E-state index contributed by atoms with van der Waals surface area (Å²) in [4.78, 5) is 10.7. The first-order valence-electron chi connectivity index (χ1n) is 5.15. The van der Waals surface area contributed by atoms with Crippen LogP contribution in [0.4, 0.5) is 0 Å². The number of nitrogens with one attached hydrogen (secondary N) is 1. The lowest BCUT2D eigenvalue weighted by Crippen LogP contribution is -2.24. The molecule has 0 saturated carbocycles. The summed E-state index contributed by atoms with van der Waals surface area (Å²) in [6.07, 6.45) is 2.00. The summed E-state index contributed by atoms with van der Waals surface area (Å²) in [5.74, 6) is -0.000457. The predicted molar refractivity (Wildman–Crippen MR) is 65.6 cm³/mol. The number of carbonyl (C=O) groups is 1. The average Bonchev–Trinajstić information content (AvgIpc) is 2.60. The number of carbonyl (C=O) groups excluding carboxylic acids is 1. The summed E-state index contributed by atoms with van der Waals surface area (Å²) in [5.41, 5.74) is 1.13. The van der Waals surface area contributed by atoms with Crippen molar-refractivity contribution in [1.82, 2.24) is 9.88 Å². The van der Waals surface area contributed by atoms with Crippen molar-refractivity contribution in [3.8, 4) is 0 Å². The van der Waals surface area contributed by atoms with Crippen molar-refractivity contribution >= 4 is 28.4 Å². The molecule has 0 atom stereocenters. The van der Waals surface area contributed by atoms with Crippen molar-refractivity contribution in [1.29, 1.82) is 0 Å². The molecule has 16 heavy (non-hydrogen) atoms. The van der Waals surface area contributed by atoms with Gasteiger partial charge in [-0.1, -0.05) is 11.6 Å². The van der Waals surface area contributed by atoms with Crippen LogP contribution < -0.4 is 5.32 Å². The fourth-order valence-corrected chi connectivity index (χ4v) is 1.90. The first-order chi connectivity index (χ1) is 7.66. The highest BCUT2D eigenvalue weighted by molar-refractivity contribution is 6.31. The summed E-state index contributed by atoms with van der Waals surface area (Å²) >= 11 is 5.91. The number of hydrogen-bond donors (Lipinski definition) is 1. The fraction of sp³-hybridized carbons (Fsp3) is 0.250. The molecule has 0 aliphatic heterocycles. The fourth-order valence-electron chi connectivity index (χ4n) is 1.72. The van der Waals surface area contributed by atoms with Gasteiger partial charge < -0.3 is 9.88 Å². The Kier molecular flexibility index (Phi) is 3.15. The average molecular weight is 237 g/mol. The first kappa shape index (κ1) is 11.0. The Morgan fingerprint density at radius 1 is 1.44 bits per heavy atom. The van der Waals surface area contributed by atoms with E-state index in [9.17, 15) is 4.79 Å². The number of benzene rings is 1. The number of hydrogen-bond acceptors (Lipinski definition) is 1. The number of fused-ring (bicyclic) bond motifs is 1. The summed E-state index contributed by atoms with van der Waals surface area (Å²) in [6, 6.07) is 7.82. The van der Waals surface area contributed by atoms with Crippen molar-refractivity contribution in [2.75, 3.05) is 6.54 Å². The summed E-state index contributed by atoms with van der Waals surface area (Å²) < 4.78 is 2.10. The summed E-state index contributed by atoms with van der Waals surface area (Å²) in [7, 11) is 0. The van der Waals surface area contributed by atoms with Crippen molar-refractivity contribution in [3.63, 3.8) is 0 Å². The molecule has 84 valence electrons. The molecule has 0 aliphatic carbocycles. The van der Waals surface area contributed by atoms with E-state index >= 15 is 0 Å². The highest BCUT2D eigenvalue weighted by Crippen LogP contribution is 2.20. The monoisotopic (exact) mass is 236 g/mol. The van der Waals surface area contributed by atoms with Crippen molar-refractivity contribution in [2.45, 2.75) is 13.5 Å². The minimum absolute atomic E-state index is 0.000457. The van der Waals surface area contributed by atoms with Gasteiger partial charge in [0.2, 0.25) is 5.91 Å². The SMILES string of the molecule is CC(=O)NCCn1ccc2cc(Cl)ccc21. The van der Waals surface area contributed by atoms with E-state index in [1.807, 2.05) is 30.5 Å². The van der Waals surface area contributed by atoms with Crippen LogP contribution in [0.25, 0.3) is 10.9 Å². The lowest BCUT2D eigenvalue weighted by atomic mass is 10.2. The van der Waals surface area contributed by atoms with Gasteiger partial charge in [-0.2, -0.15) is 0 Å². The van der Waals surface area contributed by atoms with E-state index in [2.05, 4.69) is 9.88 Å². The van der Waals surface area contributed by atoms with E-state index in [-0.39, 0.29) is 5.91 Å². The normalized spacial score (nSPS) is 10.6. The predicted octanol–water partition coefficient (Wildman–Crippen LogP) is 2.43. The molecule has 0 aliphatic rings. The maximum absolute atomic E-state index is 10.7. The molecule has 0 fully saturated rings. The molecule has 0 spiro atoms. The maximum Gasteiger partial charge on any atom is 0.216 e. The van der Waals surface area contributed by atoms with Gasteiger partial charge in [0.05, 0.1) is 0 Å². The third-order valence-electron chi connectivity index (χ3n) is 2.46. The van der Waals surface area contributed by atoms with Crippen LogP contribution in [0.2, 0.25) is 5.02 Å². The third-order valence-corrected chi connectivity index (χ3v) is 2.69. The molecule has 2 aromatic rings. The second-order valence-corrected chi connectivity index (χ2v) is 4.13. The van der Waals surface area contributed by atoms with Crippen LogP contribution in [0.5, 0.6) is 0 Å². The second kappa shape index (κ2) is 4.58. The van der Waals surface area contributed by atoms with Crippen LogP contribution in [0, 0.1) is 0 Å². The van der Waals surface area contributed by atoms with E-state index in [0.29, 0.717) is 6.54 Å². The molecule has 3 nitrogen and oxygen atoms in total. The number of rotatable bonds is 3. The van der Waals surface area contributed by atoms with E-state index in [4.69, 9.17) is 11.6 Å². The van der Waals surface area contributed by atoms with Gasteiger partial charge in [-0.05, 0) is 24.3 Å². The highest BCUT2D eigenvalue weighted by Gasteiger charge is 2.01. The molecular weight excluding hydrogens is 224 g/mol. The molecule has 1 aromatic carbocycles. The van der Waals surface area contributed by atoms with Crippen LogP contribution in [0.1, 0.15) is 6.92 Å². The smallest absolute Gasteiger partial charge is 0.216 e. The first-order valence-corrected chi connectivity index (χ1v) is 5.53. The molecule has 2 rings (SSSR count). The Labute approximate surface area is 99.0 Å². The van der Waals surface area contributed by atoms with Crippen LogP contribution in [0.15, 0.2) is 30.5 Å². The minimum Gasteiger partial charge on any atom is -0.355 e. The van der Waals surface area contributed by atoms with Crippen LogP contribution in [-0.4, -0.2) is 17.0 Å². The van der Waals surface area contributed by atoms with E-state index < -0.39 is 0 Å². The number of nitrogens with zero attached hydrogens (tertiary/aromatic N) is 1. The number of halogens is 1. The van der Waals surface area contributed by atoms with Crippen molar-refractivity contribution in [2.24, 2.45) is 0 Å². The Bertz CT molecular complexity index is 519. The summed E-state index contributed by atoms with van der Waals surface area (Å²) in [5, 5.41) is 4.64. The molecule has 1 N–H and O–H groups in total. The molecule has 0 radical (unpaired) electrons. The summed E-state index contributed by atoms with van der Waals surface area (Å²) in [6.45, 7) is 2.93. The molecule has 1 heterocycles. The maximum atomic E-state index is 10.7. The van der Waals surface area contributed by atoms with Gasteiger partial charge in [-0.25, -0.2) is 0 Å². The van der Waals surface area contributed by atoms with Crippen LogP contribution >= 0.6 is 11.6 Å². The van der Waals surface area contributed by atoms with Gasteiger partial charge >= 0.3 is 0 Å². The van der Waals surface area contributed by atoms with Crippen LogP contribution in [-0.2, 0) is 11.3 Å². The molecule has 1 aromatic heterocycles. The Morgan fingerprint density at radius 3 is 3.00 bits per heavy atom. The van der Waals surface area contributed by atoms with Gasteiger partial charge in [-0.3, -0.25) is 4.79 Å². The van der Waals surface area contributed by atoms with Crippen LogP contribution in [0.3, 0.4) is 0 Å². The minimum atomic E-state index is -0.000457. The zero-order valence-electron chi connectivity index (χ0n) is 9.03. The Hall–Kier alpha value is -1.48. The standard InChI is InChI=1S/C12H13ClN2O/c1-9(16)14-5-7-15-6-4-10-8-11(13)2-3-12(10)15/h2-4,6,8H,5,7H2,1H3,(H,14,16). The molecule has 1 amide bonds. The third kappa shape index (κ3) is 2.36. The lowest BCUT2D eigenvalue weighted by molar-refractivity contribution is -0.118. The van der Waals surface area contributed by atoms with Gasteiger partial charge in [-0.15, -0.1) is 0 Å². The second-order valence-electron chi connectivity index (χ2n) is 3.70. The van der Waals surface area contributed by atoms with Crippen molar-refractivity contribution in [3.05, 3.63) is 35.5 Å². The van der Waals surface area contributed by atoms with Gasteiger partial charge in [0.25, 0.3) is 0 Å². The van der Waals surface area contributed by atoms with E-state index in [0.717, 1.165) is 22.5 Å². The van der Waals surface area contributed by atoms with E-state index in [1.54, 1.807) is 0 Å². The molecular formula is C12H13ClN2O. The highest BCUT2D eigenvalue weighted by atomic mass is 35.5. The van der Waals surface area contributed by atoms with Gasteiger partial charge in [0, 0.05) is 42.1 Å². The molecule has 0 unspecified atom stereocenters. The zero-order chi connectivity index (χ0) is 11.5. The largest absolute Gasteiger partial charge is 0.355 e. The number of aromatic nitrogens is 1.